The molecule has 1 amide bonds. The smallest absolute Gasteiger partial charge is 0.220 e. The first-order valence-corrected chi connectivity index (χ1v) is 8.55. The third-order valence-electron chi connectivity index (χ3n) is 5.22. The van der Waals surface area contributed by atoms with Crippen molar-refractivity contribution in [3.05, 3.63) is 0 Å². The molecular weight excluding hydrogens is 321 g/mol. The van der Waals surface area contributed by atoms with Crippen LogP contribution in [0, 0.1) is 5.92 Å². The minimum Gasteiger partial charge on any atom is -0.356 e. The lowest BCUT2D eigenvalue weighted by Gasteiger charge is -2.28. The maximum atomic E-state index is 12.0. The Hall–Kier alpha value is -0.0300. The van der Waals surface area contributed by atoms with E-state index in [1.165, 1.54) is 51.6 Å². The first-order valence-electron chi connectivity index (χ1n) is 8.55. The molecule has 3 aliphatic heterocycles. The second kappa shape index (κ2) is 9.96. The average molecular weight is 352 g/mol. The normalized spacial score (nSPS) is 30.5. The lowest BCUT2D eigenvalue weighted by Crippen LogP contribution is -2.40. The molecule has 22 heavy (non-hydrogen) atoms. The van der Waals surface area contributed by atoms with Crippen LogP contribution in [0.3, 0.4) is 0 Å². The van der Waals surface area contributed by atoms with Gasteiger partial charge in [-0.05, 0) is 70.5 Å². The number of rotatable bonds is 6. The summed E-state index contributed by atoms with van der Waals surface area (Å²) in [5.41, 5.74) is 0. The van der Waals surface area contributed by atoms with E-state index in [-0.39, 0.29) is 30.7 Å². The molecule has 130 valence electrons. The van der Waals surface area contributed by atoms with Gasteiger partial charge in [0.2, 0.25) is 5.91 Å². The zero-order valence-electron chi connectivity index (χ0n) is 13.4. The standard InChI is InChI=1S/C16H29N3O.2ClH/c20-16(17-6-3-9-19-7-1-2-8-19)12-13-10-14-4-5-15(11-13)18-14;;/h13-15,18H,1-12H2,(H,17,20);2*1H. The van der Waals surface area contributed by atoms with Crippen LogP contribution >= 0.6 is 24.8 Å². The highest BCUT2D eigenvalue weighted by molar-refractivity contribution is 5.85. The van der Waals surface area contributed by atoms with Gasteiger partial charge in [0, 0.05) is 25.0 Å². The number of hydrogen-bond donors (Lipinski definition) is 2. The van der Waals surface area contributed by atoms with Crippen molar-refractivity contribution in [2.45, 2.75) is 63.5 Å². The van der Waals surface area contributed by atoms with E-state index in [1.807, 2.05) is 0 Å². The Morgan fingerprint density at radius 2 is 1.73 bits per heavy atom. The molecule has 0 radical (unpaired) electrons. The largest absolute Gasteiger partial charge is 0.356 e. The molecule has 3 rings (SSSR count). The molecule has 2 atom stereocenters. The van der Waals surface area contributed by atoms with Gasteiger partial charge in [-0.2, -0.15) is 0 Å². The lowest BCUT2D eigenvalue weighted by atomic mass is 9.89. The molecule has 0 aromatic rings. The Balaban J connectivity index is 0.00000121. The van der Waals surface area contributed by atoms with Crippen molar-refractivity contribution in [3.63, 3.8) is 0 Å². The highest BCUT2D eigenvalue weighted by Gasteiger charge is 2.34. The van der Waals surface area contributed by atoms with E-state index >= 15 is 0 Å². The van der Waals surface area contributed by atoms with Gasteiger partial charge in [0.15, 0.2) is 0 Å². The number of amides is 1. The predicted octanol–water partition coefficient (Wildman–Crippen LogP) is 2.35. The number of nitrogens with zero attached hydrogens (tertiary/aromatic N) is 1. The van der Waals surface area contributed by atoms with Gasteiger partial charge in [-0.3, -0.25) is 4.79 Å². The van der Waals surface area contributed by atoms with Crippen LogP contribution in [-0.4, -0.2) is 49.1 Å². The minimum absolute atomic E-state index is 0. The second-order valence-corrected chi connectivity index (χ2v) is 6.93. The molecule has 3 aliphatic rings. The molecular formula is C16H31Cl2N3O. The van der Waals surface area contributed by atoms with E-state index in [1.54, 1.807) is 0 Å². The van der Waals surface area contributed by atoms with Crippen LogP contribution in [0.5, 0.6) is 0 Å². The van der Waals surface area contributed by atoms with Gasteiger partial charge in [0.05, 0.1) is 0 Å². The van der Waals surface area contributed by atoms with Crippen molar-refractivity contribution in [1.29, 1.82) is 0 Å². The molecule has 2 bridgehead atoms. The van der Waals surface area contributed by atoms with Crippen molar-refractivity contribution in [1.82, 2.24) is 15.5 Å². The van der Waals surface area contributed by atoms with E-state index in [4.69, 9.17) is 0 Å². The van der Waals surface area contributed by atoms with Crippen LogP contribution in [0.2, 0.25) is 0 Å². The number of piperidine rings is 1. The molecule has 3 fully saturated rings. The van der Waals surface area contributed by atoms with Crippen molar-refractivity contribution in [3.8, 4) is 0 Å². The second-order valence-electron chi connectivity index (χ2n) is 6.93. The first-order chi connectivity index (χ1) is 9.79. The van der Waals surface area contributed by atoms with Gasteiger partial charge in [-0.1, -0.05) is 0 Å². The Kier molecular flexibility index (Phi) is 9.07. The van der Waals surface area contributed by atoms with Crippen molar-refractivity contribution < 1.29 is 4.79 Å². The number of nitrogens with one attached hydrogen (secondary N) is 2. The molecule has 0 aliphatic carbocycles. The minimum atomic E-state index is 0. The number of halogens is 2. The first kappa shape index (κ1) is 20.0. The van der Waals surface area contributed by atoms with E-state index in [0.717, 1.165) is 25.9 Å². The molecule has 0 aromatic heterocycles. The maximum absolute atomic E-state index is 12.0. The van der Waals surface area contributed by atoms with Crippen molar-refractivity contribution >= 4 is 30.7 Å². The zero-order valence-corrected chi connectivity index (χ0v) is 15.0. The van der Waals surface area contributed by atoms with Gasteiger partial charge >= 0.3 is 0 Å². The number of carbonyl (C=O) groups is 1. The van der Waals surface area contributed by atoms with Gasteiger partial charge in [-0.15, -0.1) is 24.8 Å². The summed E-state index contributed by atoms with van der Waals surface area (Å²) in [5.74, 6) is 0.894. The number of carbonyl (C=O) groups excluding carboxylic acids is 1. The fourth-order valence-corrected chi connectivity index (χ4v) is 4.21. The molecule has 0 spiro atoms. The molecule has 3 saturated heterocycles. The van der Waals surface area contributed by atoms with Crippen molar-refractivity contribution in [2.24, 2.45) is 5.92 Å². The molecule has 0 aromatic carbocycles. The van der Waals surface area contributed by atoms with Gasteiger partial charge in [0.1, 0.15) is 0 Å². The molecule has 0 saturated carbocycles. The highest BCUT2D eigenvalue weighted by Crippen LogP contribution is 2.32. The van der Waals surface area contributed by atoms with E-state index in [2.05, 4.69) is 15.5 Å². The van der Waals surface area contributed by atoms with Crippen LogP contribution in [0.1, 0.15) is 51.4 Å². The van der Waals surface area contributed by atoms with Crippen molar-refractivity contribution in [2.75, 3.05) is 26.2 Å². The maximum Gasteiger partial charge on any atom is 0.220 e. The topological polar surface area (TPSA) is 44.4 Å². The Labute approximate surface area is 147 Å². The fourth-order valence-electron chi connectivity index (χ4n) is 4.21. The molecule has 2 N–H and O–H groups in total. The Morgan fingerprint density at radius 1 is 1.09 bits per heavy atom. The summed E-state index contributed by atoms with van der Waals surface area (Å²) in [6.45, 7) is 4.52. The summed E-state index contributed by atoms with van der Waals surface area (Å²) in [4.78, 5) is 14.5. The van der Waals surface area contributed by atoms with Crippen LogP contribution in [0.4, 0.5) is 0 Å². The molecule has 6 heteroatoms. The van der Waals surface area contributed by atoms with Crippen LogP contribution in [-0.2, 0) is 4.79 Å². The predicted molar refractivity (Wildman–Crippen MR) is 95.1 cm³/mol. The Morgan fingerprint density at radius 3 is 2.36 bits per heavy atom. The zero-order chi connectivity index (χ0) is 13.8. The summed E-state index contributed by atoms with van der Waals surface area (Å²) in [6, 6.07) is 1.39. The third-order valence-corrected chi connectivity index (χ3v) is 5.22. The average Bonchev–Trinajstić information content (AvgIpc) is 3.05. The number of likely N-dealkylation sites (tertiary alicyclic amines) is 1. The van der Waals surface area contributed by atoms with Gasteiger partial charge < -0.3 is 15.5 Å². The van der Waals surface area contributed by atoms with E-state index in [0.29, 0.717) is 18.0 Å². The summed E-state index contributed by atoms with van der Waals surface area (Å²) < 4.78 is 0. The highest BCUT2D eigenvalue weighted by atomic mass is 35.5. The quantitative estimate of drug-likeness (QED) is 0.722. The van der Waals surface area contributed by atoms with E-state index in [9.17, 15) is 4.79 Å². The molecule has 3 heterocycles. The molecule has 2 unspecified atom stereocenters. The fraction of sp³-hybridized carbons (Fsp3) is 0.938. The van der Waals surface area contributed by atoms with Crippen LogP contribution < -0.4 is 10.6 Å². The SMILES string of the molecule is Cl.Cl.O=C(CC1CC2CCC(C1)N2)NCCCN1CCCC1. The summed E-state index contributed by atoms with van der Waals surface area (Å²) >= 11 is 0. The van der Waals surface area contributed by atoms with Gasteiger partial charge in [0.25, 0.3) is 0 Å². The van der Waals surface area contributed by atoms with Gasteiger partial charge in [-0.25, -0.2) is 0 Å². The third kappa shape index (κ3) is 5.88. The number of fused-ring (bicyclic) bond motifs is 2. The summed E-state index contributed by atoms with van der Waals surface area (Å²) in [5, 5.41) is 6.76. The summed E-state index contributed by atoms with van der Waals surface area (Å²) in [7, 11) is 0. The monoisotopic (exact) mass is 351 g/mol. The Bertz CT molecular complexity index is 325. The molecule has 4 nitrogen and oxygen atoms in total. The summed E-state index contributed by atoms with van der Waals surface area (Å²) in [6.07, 6.45) is 9.60. The number of hydrogen-bond acceptors (Lipinski definition) is 3. The lowest BCUT2D eigenvalue weighted by molar-refractivity contribution is -0.122. The van der Waals surface area contributed by atoms with Crippen LogP contribution in [0.15, 0.2) is 0 Å². The van der Waals surface area contributed by atoms with E-state index < -0.39 is 0 Å². The van der Waals surface area contributed by atoms with Crippen LogP contribution in [0.25, 0.3) is 0 Å².